The van der Waals surface area contributed by atoms with Crippen LogP contribution >= 0.6 is 0 Å². The van der Waals surface area contributed by atoms with E-state index in [1.807, 2.05) is 0 Å². The molecular formula is C19H24O. The van der Waals surface area contributed by atoms with E-state index in [4.69, 9.17) is 0 Å². The second kappa shape index (κ2) is 5.20. The Morgan fingerprint density at radius 3 is 2.65 bits per heavy atom. The van der Waals surface area contributed by atoms with E-state index in [2.05, 4.69) is 44.2 Å². The highest BCUT2D eigenvalue weighted by Gasteiger charge is 2.46. The smallest absolute Gasteiger partial charge is 0.165 e. The van der Waals surface area contributed by atoms with Gasteiger partial charge in [0, 0.05) is 5.41 Å². The average molecular weight is 268 g/mol. The van der Waals surface area contributed by atoms with E-state index in [-0.39, 0.29) is 5.41 Å². The lowest BCUT2D eigenvalue weighted by Gasteiger charge is -2.44. The highest BCUT2D eigenvalue weighted by atomic mass is 16.1. The lowest BCUT2D eigenvalue weighted by Crippen LogP contribution is -2.42. The Morgan fingerprint density at radius 2 is 1.90 bits per heavy atom. The van der Waals surface area contributed by atoms with Gasteiger partial charge in [0.1, 0.15) is 0 Å². The zero-order valence-corrected chi connectivity index (χ0v) is 12.6. The fourth-order valence-electron chi connectivity index (χ4n) is 3.98. The van der Waals surface area contributed by atoms with Gasteiger partial charge in [-0.2, -0.15) is 0 Å². The van der Waals surface area contributed by atoms with Crippen molar-refractivity contribution >= 4 is 11.9 Å². The predicted octanol–water partition coefficient (Wildman–Crippen LogP) is 4.94. The first-order valence-corrected chi connectivity index (χ1v) is 7.92. The number of benzene rings is 1. The van der Waals surface area contributed by atoms with Gasteiger partial charge in [-0.1, -0.05) is 49.6 Å². The number of rotatable bonds is 1. The van der Waals surface area contributed by atoms with Crippen LogP contribution in [0.4, 0.5) is 0 Å². The summed E-state index contributed by atoms with van der Waals surface area (Å²) in [5, 5.41) is 0. The van der Waals surface area contributed by atoms with Crippen LogP contribution in [0.1, 0.15) is 56.6 Å². The van der Waals surface area contributed by atoms with Gasteiger partial charge in [-0.15, -0.1) is 0 Å². The Morgan fingerprint density at radius 1 is 1.15 bits per heavy atom. The van der Waals surface area contributed by atoms with Crippen molar-refractivity contribution in [1.82, 2.24) is 0 Å². The van der Waals surface area contributed by atoms with Crippen LogP contribution in [0.5, 0.6) is 0 Å². The molecule has 0 amide bonds. The highest BCUT2D eigenvalue weighted by molar-refractivity contribution is 6.04. The monoisotopic (exact) mass is 268 g/mol. The summed E-state index contributed by atoms with van der Waals surface area (Å²) >= 11 is 0. The molecule has 1 unspecified atom stereocenters. The first-order valence-electron chi connectivity index (χ1n) is 7.92. The SMILES string of the molecule is Cc1ccc(/C=C2/CCC3CCCC[C@@]3(C)C2=O)cc1. The van der Waals surface area contributed by atoms with E-state index in [0.29, 0.717) is 11.7 Å². The number of hydrogen-bond donors (Lipinski definition) is 0. The van der Waals surface area contributed by atoms with Crippen molar-refractivity contribution in [2.75, 3.05) is 0 Å². The van der Waals surface area contributed by atoms with Crippen molar-refractivity contribution in [2.45, 2.75) is 52.4 Å². The molecule has 3 rings (SSSR count). The highest BCUT2D eigenvalue weighted by Crippen LogP contribution is 2.49. The molecule has 1 nitrogen and oxygen atoms in total. The van der Waals surface area contributed by atoms with Gasteiger partial charge in [-0.3, -0.25) is 4.79 Å². The van der Waals surface area contributed by atoms with Crippen molar-refractivity contribution in [3.63, 3.8) is 0 Å². The third-order valence-corrected chi connectivity index (χ3v) is 5.39. The van der Waals surface area contributed by atoms with Crippen molar-refractivity contribution in [3.05, 3.63) is 41.0 Å². The Bertz CT molecular complexity index is 537. The third kappa shape index (κ3) is 2.34. The summed E-state index contributed by atoms with van der Waals surface area (Å²) in [7, 11) is 0. The molecule has 0 N–H and O–H groups in total. The minimum Gasteiger partial charge on any atom is -0.294 e. The quantitative estimate of drug-likeness (QED) is 0.659. The van der Waals surface area contributed by atoms with Crippen molar-refractivity contribution < 1.29 is 4.79 Å². The molecule has 1 heteroatoms. The number of fused-ring (bicyclic) bond motifs is 1. The molecule has 0 heterocycles. The fourth-order valence-corrected chi connectivity index (χ4v) is 3.98. The van der Waals surface area contributed by atoms with Gasteiger partial charge in [0.15, 0.2) is 5.78 Å². The van der Waals surface area contributed by atoms with Gasteiger partial charge in [0.2, 0.25) is 0 Å². The van der Waals surface area contributed by atoms with Crippen molar-refractivity contribution in [3.8, 4) is 0 Å². The van der Waals surface area contributed by atoms with E-state index in [1.54, 1.807) is 0 Å². The van der Waals surface area contributed by atoms with Crippen LogP contribution in [0.3, 0.4) is 0 Å². The molecule has 0 bridgehead atoms. The minimum absolute atomic E-state index is 0.0764. The Hall–Kier alpha value is -1.37. The van der Waals surface area contributed by atoms with Crippen molar-refractivity contribution in [2.24, 2.45) is 11.3 Å². The van der Waals surface area contributed by atoms with Crippen LogP contribution in [0.2, 0.25) is 0 Å². The molecule has 0 spiro atoms. The molecule has 2 fully saturated rings. The number of ketones is 1. The van der Waals surface area contributed by atoms with Gasteiger partial charge in [-0.25, -0.2) is 0 Å². The molecular weight excluding hydrogens is 244 g/mol. The molecule has 0 aliphatic heterocycles. The summed E-state index contributed by atoms with van der Waals surface area (Å²) in [5.74, 6) is 1.05. The lowest BCUT2D eigenvalue weighted by atomic mass is 9.58. The summed E-state index contributed by atoms with van der Waals surface area (Å²) < 4.78 is 0. The summed E-state index contributed by atoms with van der Waals surface area (Å²) in [5.41, 5.74) is 3.40. The maximum Gasteiger partial charge on any atom is 0.165 e. The molecule has 1 aromatic rings. The standard InChI is InChI=1S/C19H24O/c1-14-6-8-15(9-7-14)13-16-10-11-17-5-3-4-12-19(17,2)18(16)20/h6-9,13,17H,3-5,10-12H2,1-2H3/b16-13-/t17?,19-/m1/s1. The number of allylic oxidation sites excluding steroid dienone is 1. The maximum absolute atomic E-state index is 12.9. The maximum atomic E-state index is 12.9. The zero-order valence-electron chi connectivity index (χ0n) is 12.6. The molecule has 106 valence electrons. The number of hydrogen-bond acceptors (Lipinski definition) is 1. The predicted molar refractivity (Wildman–Crippen MR) is 83.5 cm³/mol. The van der Waals surface area contributed by atoms with Crippen LogP contribution < -0.4 is 0 Å². The molecule has 2 saturated carbocycles. The normalized spacial score (nSPS) is 32.2. The van der Waals surface area contributed by atoms with Crippen molar-refractivity contribution in [1.29, 1.82) is 0 Å². The molecule has 0 radical (unpaired) electrons. The second-order valence-corrected chi connectivity index (χ2v) is 6.81. The van der Waals surface area contributed by atoms with E-state index in [1.165, 1.54) is 31.2 Å². The zero-order chi connectivity index (χ0) is 14.2. The average Bonchev–Trinajstić information content (AvgIpc) is 2.45. The van der Waals surface area contributed by atoms with Crippen LogP contribution in [-0.2, 0) is 4.79 Å². The summed E-state index contributed by atoms with van der Waals surface area (Å²) in [6.07, 6.45) is 9.15. The number of carbonyl (C=O) groups is 1. The third-order valence-electron chi connectivity index (χ3n) is 5.39. The fraction of sp³-hybridized carbons (Fsp3) is 0.526. The van der Waals surface area contributed by atoms with E-state index in [0.717, 1.165) is 24.0 Å². The van der Waals surface area contributed by atoms with E-state index < -0.39 is 0 Å². The van der Waals surface area contributed by atoms with E-state index >= 15 is 0 Å². The molecule has 20 heavy (non-hydrogen) atoms. The molecule has 2 aliphatic carbocycles. The Kier molecular flexibility index (Phi) is 3.54. The first-order chi connectivity index (χ1) is 9.59. The molecule has 2 atom stereocenters. The minimum atomic E-state index is -0.0764. The summed E-state index contributed by atoms with van der Waals surface area (Å²) in [6, 6.07) is 8.46. The molecule has 2 aliphatic rings. The van der Waals surface area contributed by atoms with Gasteiger partial charge in [0.25, 0.3) is 0 Å². The number of Topliss-reactive ketones (excluding diaryl/α,β-unsaturated/α-hetero) is 1. The largest absolute Gasteiger partial charge is 0.294 e. The lowest BCUT2D eigenvalue weighted by molar-refractivity contribution is -0.131. The van der Waals surface area contributed by atoms with Gasteiger partial charge in [-0.05, 0) is 55.7 Å². The Balaban J connectivity index is 1.88. The van der Waals surface area contributed by atoms with Gasteiger partial charge >= 0.3 is 0 Å². The number of carbonyl (C=O) groups excluding carboxylic acids is 1. The first kappa shape index (κ1) is 13.6. The van der Waals surface area contributed by atoms with Gasteiger partial charge < -0.3 is 0 Å². The molecule has 0 saturated heterocycles. The Labute approximate surface area is 122 Å². The van der Waals surface area contributed by atoms with Crippen LogP contribution in [0.25, 0.3) is 6.08 Å². The van der Waals surface area contributed by atoms with Gasteiger partial charge in [0.05, 0.1) is 0 Å². The van der Waals surface area contributed by atoms with Crippen LogP contribution in [0, 0.1) is 18.3 Å². The van der Waals surface area contributed by atoms with Crippen LogP contribution in [0.15, 0.2) is 29.8 Å². The second-order valence-electron chi connectivity index (χ2n) is 6.81. The van der Waals surface area contributed by atoms with Crippen LogP contribution in [-0.4, -0.2) is 5.78 Å². The van der Waals surface area contributed by atoms with E-state index in [9.17, 15) is 4.79 Å². The molecule has 1 aromatic carbocycles. The molecule has 0 aromatic heterocycles. The summed E-state index contributed by atoms with van der Waals surface area (Å²) in [6.45, 7) is 4.30. The topological polar surface area (TPSA) is 17.1 Å². The number of aryl methyl sites for hydroxylation is 1. The summed E-state index contributed by atoms with van der Waals surface area (Å²) in [4.78, 5) is 12.9.